The van der Waals surface area contributed by atoms with Gasteiger partial charge in [0.05, 0.1) is 12.9 Å². The SMILES string of the molecule is CS(=O)(=O)OCC1CCN(S(=O)(=O)C2(C(=O)O)CCOCC2)CC1. The zero-order chi connectivity index (χ0) is 18.0. The van der Waals surface area contributed by atoms with Gasteiger partial charge in [0.1, 0.15) is 0 Å². The molecule has 0 aliphatic carbocycles. The van der Waals surface area contributed by atoms with Crippen molar-refractivity contribution >= 4 is 26.1 Å². The third-order valence-corrected chi connectivity index (χ3v) is 7.79. The number of sulfonamides is 1. The average molecular weight is 385 g/mol. The van der Waals surface area contributed by atoms with Gasteiger partial charge < -0.3 is 9.84 Å². The highest BCUT2D eigenvalue weighted by molar-refractivity contribution is 7.91. The van der Waals surface area contributed by atoms with Crippen LogP contribution in [0, 0.1) is 5.92 Å². The molecule has 2 fully saturated rings. The van der Waals surface area contributed by atoms with E-state index in [2.05, 4.69) is 0 Å². The predicted octanol–water partition coefficient (Wildman–Crippen LogP) is -0.362. The van der Waals surface area contributed by atoms with Crippen LogP contribution < -0.4 is 0 Å². The van der Waals surface area contributed by atoms with E-state index in [4.69, 9.17) is 8.92 Å². The first-order chi connectivity index (χ1) is 11.1. The number of aliphatic carboxylic acids is 1. The second kappa shape index (κ2) is 7.24. The van der Waals surface area contributed by atoms with Crippen LogP contribution >= 0.6 is 0 Å². The van der Waals surface area contributed by atoms with E-state index >= 15 is 0 Å². The first-order valence-electron chi connectivity index (χ1n) is 7.74. The van der Waals surface area contributed by atoms with Crippen LogP contribution in [0.15, 0.2) is 0 Å². The molecule has 2 heterocycles. The standard InChI is InChI=1S/C13H23NO8S2/c1-23(17,18)22-10-11-2-6-14(7-3-11)24(19,20)13(12(15)16)4-8-21-9-5-13/h11H,2-10H2,1H3,(H,15,16). The van der Waals surface area contributed by atoms with Gasteiger partial charge >= 0.3 is 5.97 Å². The van der Waals surface area contributed by atoms with Gasteiger partial charge in [0.15, 0.2) is 4.75 Å². The Morgan fingerprint density at radius 3 is 2.21 bits per heavy atom. The number of nitrogens with zero attached hydrogens (tertiary/aromatic N) is 1. The smallest absolute Gasteiger partial charge is 0.326 e. The first kappa shape index (κ1) is 19.6. The van der Waals surface area contributed by atoms with Crippen LogP contribution in [-0.2, 0) is 33.9 Å². The maximum atomic E-state index is 12.9. The second-order valence-corrected chi connectivity index (χ2v) is 10.1. The normalized spacial score (nSPS) is 23.9. The monoisotopic (exact) mass is 385 g/mol. The first-order valence-corrected chi connectivity index (χ1v) is 11.0. The molecule has 2 saturated heterocycles. The van der Waals surface area contributed by atoms with Crippen molar-refractivity contribution in [1.29, 1.82) is 0 Å². The summed E-state index contributed by atoms with van der Waals surface area (Å²) in [7, 11) is -7.55. The van der Waals surface area contributed by atoms with Crippen molar-refractivity contribution < 1.29 is 35.7 Å². The van der Waals surface area contributed by atoms with Gasteiger partial charge in [-0.15, -0.1) is 0 Å². The summed E-state index contributed by atoms with van der Waals surface area (Å²) in [5.74, 6) is -1.41. The second-order valence-electron chi connectivity index (χ2n) is 6.25. The molecule has 0 aromatic heterocycles. The number of rotatable bonds is 6. The Balaban J connectivity index is 2.05. The number of carboxylic acids is 1. The van der Waals surface area contributed by atoms with E-state index in [0.29, 0.717) is 12.8 Å². The lowest BCUT2D eigenvalue weighted by molar-refractivity contribution is -0.142. The molecule has 0 bridgehead atoms. The molecule has 24 heavy (non-hydrogen) atoms. The third-order valence-electron chi connectivity index (χ3n) is 4.62. The third kappa shape index (κ3) is 4.07. The molecule has 2 aliphatic heterocycles. The Morgan fingerprint density at radius 2 is 1.75 bits per heavy atom. The van der Waals surface area contributed by atoms with Crippen molar-refractivity contribution in [1.82, 2.24) is 4.31 Å². The van der Waals surface area contributed by atoms with Gasteiger partial charge in [0, 0.05) is 39.1 Å². The average Bonchev–Trinajstić information content (AvgIpc) is 2.53. The Labute approximate surface area is 142 Å². The summed E-state index contributed by atoms with van der Waals surface area (Å²) in [4.78, 5) is 11.7. The lowest BCUT2D eigenvalue weighted by Crippen LogP contribution is -2.57. The van der Waals surface area contributed by atoms with Gasteiger partial charge in [-0.25, -0.2) is 12.7 Å². The van der Waals surface area contributed by atoms with Crippen LogP contribution in [0.4, 0.5) is 0 Å². The minimum Gasteiger partial charge on any atom is -0.480 e. The molecule has 0 saturated carbocycles. The minimum absolute atomic E-state index is 0.0185. The topological polar surface area (TPSA) is 127 Å². The lowest BCUT2D eigenvalue weighted by Gasteiger charge is -2.39. The van der Waals surface area contributed by atoms with Gasteiger partial charge in [-0.05, 0) is 18.8 Å². The molecule has 140 valence electrons. The molecule has 2 rings (SSSR count). The van der Waals surface area contributed by atoms with Crippen molar-refractivity contribution in [3.05, 3.63) is 0 Å². The summed E-state index contributed by atoms with van der Waals surface area (Å²) >= 11 is 0. The maximum Gasteiger partial charge on any atom is 0.326 e. The minimum atomic E-state index is -4.02. The highest BCUT2D eigenvalue weighted by atomic mass is 32.2. The largest absolute Gasteiger partial charge is 0.480 e. The Bertz CT molecular complexity index is 658. The Kier molecular flexibility index (Phi) is 5.91. The molecule has 2 aliphatic rings. The van der Waals surface area contributed by atoms with Gasteiger partial charge in [0.2, 0.25) is 10.0 Å². The summed E-state index contributed by atoms with van der Waals surface area (Å²) in [6.07, 6.45) is 1.69. The molecular weight excluding hydrogens is 362 g/mol. The number of hydrogen-bond donors (Lipinski definition) is 1. The van der Waals surface area contributed by atoms with Gasteiger partial charge in [-0.2, -0.15) is 8.42 Å². The van der Waals surface area contributed by atoms with Crippen LogP contribution in [0.2, 0.25) is 0 Å². The number of hydrogen-bond acceptors (Lipinski definition) is 7. The number of ether oxygens (including phenoxy) is 1. The molecule has 0 aromatic rings. The summed E-state index contributed by atoms with van der Waals surface area (Å²) in [6, 6.07) is 0. The van der Waals surface area contributed by atoms with Crippen LogP contribution in [0.25, 0.3) is 0 Å². The Hall–Kier alpha value is -0.750. The number of carboxylic acid groups (broad SMARTS) is 1. The lowest BCUT2D eigenvalue weighted by atomic mass is 9.99. The maximum absolute atomic E-state index is 12.9. The van der Waals surface area contributed by atoms with Gasteiger partial charge in [-0.1, -0.05) is 0 Å². The molecule has 0 unspecified atom stereocenters. The molecule has 0 radical (unpaired) electrons. The van der Waals surface area contributed by atoms with Crippen molar-refractivity contribution in [3.8, 4) is 0 Å². The zero-order valence-electron chi connectivity index (χ0n) is 13.5. The van der Waals surface area contributed by atoms with Crippen LogP contribution in [-0.4, -0.2) is 76.1 Å². The van der Waals surface area contributed by atoms with Gasteiger partial charge in [-0.3, -0.25) is 8.98 Å². The number of piperidine rings is 1. The van der Waals surface area contributed by atoms with Crippen molar-refractivity contribution in [2.45, 2.75) is 30.4 Å². The molecule has 0 spiro atoms. The van der Waals surface area contributed by atoms with Crippen LogP contribution in [0.1, 0.15) is 25.7 Å². The van der Waals surface area contributed by atoms with E-state index in [1.807, 2.05) is 0 Å². The summed E-state index contributed by atoms with van der Waals surface area (Å²) < 4.78 is 57.1. The zero-order valence-corrected chi connectivity index (χ0v) is 15.1. The number of carbonyl (C=O) groups is 1. The predicted molar refractivity (Wildman–Crippen MR) is 84.4 cm³/mol. The fourth-order valence-electron chi connectivity index (χ4n) is 3.07. The van der Waals surface area contributed by atoms with Crippen molar-refractivity contribution in [2.75, 3.05) is 39.2 Å². The van der Waals surface area contributed by atoms with E-state index in [1.165, 1.54) is 4.31 Å². The molecule has 9 nitrogen and oxygen atoms in total. The van der Waals surface area contributed by atoms with Crippen molar-refractivity contribution in [3.63, 3.8) is 0 Å². The highest BCUT2D eigenvalue weighted by Gasteiger charge is 2.54. The van der Waals surface area contributed by atoms with Crippen LogP contribution in [0.3, 0.4) is 0 Å². The molecule has 0 amide bonds. The fourth-order valence-corrected chi connectivity index (χ4v) is 5.60. The molecular formula is C13H23NO8S2. The summed E-state index contributed by atoms with van der Waals surface area (Å²) in [6.45, 7) is 0.547. The van der Waals surface area contributed by atoms with E-state index in [9.17, 15) is 26.7 Å². The van der Waals surface area contributed by atoms with E-state index in [-0.39, 0.29) is 51.7 Å². The van der Waals surface area contributed by atoms with E-state index < -0.39 is 30.9 Å². The molecule has 1 N–H and O–H groups in total. The fraction of sp³-hybridized carbons (Fsp3) is 0.923. The van der Waals surface area contributed by atoms with E-state index in [0.717, 1.165) is 6.26 Å². The summed E-state index contributed by atoms with van der Waals surface area (Å²) in [5.41, 5.74) is 0. The Morgan fingerprint density at radius 1 is 1.21 bits per heavy atom. The molecule has 11 heteroatoms. The van der Waals surface area contributed by atoms with Crippen molar-refractivity contribution in [2.24, 2.45) is 5.92 Å². The van der Waals surface area contributed by atoms with Gasteiger partial charge in [0.25, 0.3) is 10.1 Å². The van der Waals surface area contributed by atoms with Crippen LogP contribution in [0.5, 0.6) is 0 Å². The quantitative estimate of drug-likeness (QED) is 0.614. The molecule has 0 aromatic carbocycles. The summed E-state index contributed by atoms with van der Waals surface area (Å²) in [5, 5.41) is 9.53. The highest BCUT2D eigenvalue weighted by Crippen LogP contribution is 2.35. The molecule has 0 atom stereocenters. The van der Waals surface area contributed by atoms with E-state index in [1.54, 1.807) is 0 Å².